The molecule has 0 saturated carbocycles. The van der Waals surface area contributed by atoms with E-state index in [1.54, 1.807) is 7.05 Å². The number of nitrogens with one attached hydrogen (secondary N) is 1. The van der Waals surface area contributed by atoms with Crippen LogP contribution in [0.3, 0.4) is 0 Å². The highest BCUT2D eigenvalue weighted by molar-refractivity contribution is 6.00. The molecular weight excluding hydrogens is 330 g/mol. The minimum atomic E-state index is -0.528. The van der Waals surface area contributed by atoms with Crippen molar-refractivity contribution in [3.8, 4) is 5.88 Å². The van der Waals surface area contributed by atoms with Crippen molar-refractivity contribution < 1.29 is 19.2 Å². The Bertz CT molecular complexity index is 799. The second kappa shape index (κ2) is 7.43. The third-order valence-corrected chi connectivity index (χ3v) is 3.31. The van der Waals surface area contributed by atoms with Crippen LogP contribution in [0.2, 0.25) is 0 Å². The van der Waals surface area contributed by atoms with E-state index in [9.17, 15) is 19.7 Å². The third kappa shape index (κ3) is 4.31. The molecule has 25 heavy (non-hydrogen) atoms. The SMILES string of the molecule is COc1nn(C)cc1C(=O)N(C)CC(=O)Nc1ccc([N+](=O)[O-])cc1. The number of anilines is 1. The summed E-state index contributed by atoms with van der Waals surface area (Å²) in [7, 11) is 4.53. The molecule has 0 radical (unpaired) electrons. The number of aryl methyl sites for hydroxylation is 1. The van der Waals surface area contributed by atoms with Gasteiger partial charge in [0.2, 0.25) is 11.8 Å². The molecule has 0 saturated heterocycles. The van der Waals surface area contributed by atoms with E-state index in [4.69, 9.17) is 4.74 Å². The van der Waals surface area contributed by atoms with Crippen LogP contribution in [0.4, 0.5) is 11.4 Å². The van der Waals surface area contributed by atoms with Crippen LogP contribution in [0.15, 0.2) is 30.5 Å². The monoisotopic (exact) mass is 347 g/mol. The van der Waals surface area contributed by atoms with E-state index >= 15 is 0 Å². The molecule has 0 spiro atoms. The highest BCUT2D eigenvalue weighted by Crippen LogP contribution is 2.17. The molecule has 0 bridgehead atoms. The van der Waals surface area contributed by atoms with Crippen LogP contribution in [0.25, 0.3) is 0 Å². The van der Waals surface area contributed by atoms with Crippen LogP contribution in [0.1, 0.15) is 10.4 Å². The summed E-state index contributed by atoms with van der Waals surface area (Å²) in [6.45, 7) is -0.201. The van der Waals surface area contributed by atoms with Gasteiger partial charge in [0.05, 0.1) is 18.6 Å². The van der Waals surface area contributed by atoms with Gasteiger partial charge in [0.25, 0.3) is 11.6 Å². The Balaban J connectivity index is 1.99. The van der Waals surface area contributed by atoms with Gasteiger partial charge in [0.1, 0.15) is 5.56 Å². The van der Waals surface area contributed by atoms with Crippen LogP contribution in [0, 0.1) is 10.1 Å². The minimum Gasteiger partial charge on any atom is -0.479 e. The second-order valence-corrected chi connectivity index (χ2v) is 5.24. The van der Waals surface area contributed by atoms with Crippen LogP contribution in [-0.2, 0) is 11.8 Å². The highest BCUT2D eigenvalue weighted by atomic mass is 16.6. The molecule has 10 nitrogen and oxygen atoms in total. The molecule has 2 rings (SSSR count). The summed E-state index contributed by atoms with van der Waals surface area (Å²) in [4.78, 5) is 35.7. The Morgan fingerprint density at radius 3 is 2.56 bits per heavy atom. The summed E-state index contributed by atoms with van der Waals surface area (Å²) < 4.78 is 6.47. The van der Waals surface area contributed by atoms with Crippen LogP contribution < -0.4 is 10.1 Å². The molecule has 132 valence electrons. The molecule has 1 heterocycles. The molecule has 1 aromatic carbocycles. The van der Waals surface area contributed by atoms with Gasteiger partial charge in [-0.15, -0.1) is 5.10 Å². The van der Waals surface area contributed by atoms with Gasteiger partial charge in [0.15, 0.2) is 0 Å². The standard InChI is InChI=1S/C15H17N5O5/c1-18(15(22)12-8-19(2)17-14(12)25-3)9-13(21)16-10-4-6-11(7-5-10)20(23)24/h4-8H,9H2,1-3H3,(H,16,21). The number of methoxy groups -OCH3 is 1. The van der Waals surface area contributed by atoms with Gasteiger partial charge in [-0.3, -0.25) is 24.4 Å². The fourth-order valence-corrected chi connectivity index (χ4v) is 2.13. The summed E-state index contributed by atoms with van der Waals surface area (Å²) in [6.07, 6.45) is 1.51. The predicted octanol–water partition coefficient (Wildman–Crippen LogP) is 1.05. The third-order valence-electron chi connectivity index (χ3n) is 3.31. The number of likely N-dealkylation sites (N-methyl/N-ethyl adjacent to an activating group) is 1. The number of hydrogen-bond acceptors (Lipinski definition) is 6. The van der Waals surface area contributed by atoms with E-state index < -0.39 is 16.7 Å². The second-order valence-electron chi connectivity index (χ2n) is 5.24. The molecule has 1 aromatic heterocycles. The Hall–Kier alpha value is -3.43. The maximum absolute atomic E-state index is 12.4. The van der Waals surface area contributed by atoms with Crippen LogP contribution >= 0.6 is 0 Å². The van der Waals surface area contributed by atoms with Crippen LogP contribution in [-0.4, -0.2) is 52.1 Å². The fraction of sp³-hybridized carbons (Fsp3) is 0.267. The lowest BCUT2D eigenvalue weighted by atomic mass is 10.2. The van der Waals surface area contributed by atoms with Crippen molar-refractivity contribution in [2.75, 3.05) is 26.0 Å². The number of amides is 2. The summed E-state index contributed by atoms with van der Waals surface area (Å²) in [6, 6.07) is 5.40. The van der Waals surface area contributed by atoms with Crippen molar-refractivity contribution >= 4 is 23.2 Å². The van der Waals surface area contributed by atoms with E-state index in [1.807, 2.05) is 0 Å². The van der Waals surface area contributed by atoms with E-state index in [-0.39, 0.29) is 23.7 Å². The van der Waals surface area contributed by atoms with Gasteiger partial charge in [-0.2, -0.15) is 0 Å². The fourth-order valence-electron chi connectivity index (χ4n) is 2.13. The number of rotatable bonds is 6. The van der Waals surface area contributed by atoms with E-state index in [1.165, 1.54) is 54.2 Å². The van der Waals surface area contributed by atoms with Gasteiger partial charge in [0, 0.05) is 38.1 Å². The minimum absolute atomic E-state index is 0.0750. The summed E-state index contributed by atoms with van der Waals surface area (Å²) in [5.74, 6) is -0.675. The maximum atomic E-state index is 12.4. The van der Waals surface area contributed by atoms with Crippen molar-refractivity contribution in [3.05, 3.63) is 46.1 Å². The van der Waals surface area contributed by atoms with Gasteiger partial charge in [-0.1, -0.05) is 0 Å². The molecule has 10 heteroatoms. The molecule has 0 aliphatic carbocycles. The van der Waals surface area contributed by atoms with E-state index in [2.05, 4.69) is 10.4 Å². The number of benzene rings is 1. The topological polar surface area (TPSA) is 120 Å². The number of carbonyl (C=O) groups excluding carboxylic acids is 2. The molecular formula is C15H17N5O5. The largest absolute Gasteiger partial charge is 0.479 e. The smallest absolute Gasteiger partial charge is 0.269 e. The Kier molecular flexibility index (Phi) is 5.32. The molecule has 0 aliphatic heterocycles. The molecule has 0 fully saturated rings. The number of carbonyl (C=O) groups is 2. The van der Waals surface area contributed by atoms with Crippen molar-refractivity contribution in [3.63, 3.8) is 0 Å². The summed E-state index contributed by atoms with van der Waals surface area (Å²) in [5, 5.41) is 17.2. The normalized spacial score (nSPS) is 10.2. The summed E-state index contributed by atoms with van der Waals surface area (Å²) in [5.41, 5.74) is 0.569. The molecule has 0 aliphatic rings. The van der Waals surface area contributed by atoms with Gasteiger partial charge >= 0.3 is 0 Å². The first-order chi connectivity index (χ1) is 11.8. The molecule has 2 aromatic rings. The zero-order valence-corrected chi connectivity index (χ0v) is 13.9. The lowest BCUT2D eigenvalue weighted by Crippen LogP contribution is -2.35. The average Bonchev–Trinajstić information content (AvgIpc) is 2.95. The molecule has 2 amide bonds. The Labute approximate surface area is 143 Å². The number of nitrogens with zero attached hydrogens (tertiary/aromatic N) is 4. The summed E-state index contributed by atoms with van der Waals surface area (Å²) >= 11 is 0. The quantitative estimate of drug-likeness (QED) is 0.616. The first kappa shape index (κ1) is 17.9. The zero-order chi connectivity index (χ0) is 18.6. The lowest BCUT2D eigenvalue weighted by molar-refractivity contribution is -0.384. The van der Waals surface area contributed by atoms with E-state index in [0.717, 1.165) is 0 Å². The van der Waals surface area contributed by atoms with Crippen LogP contribution in [0.5, 0.6) is 5.88 Å². The van der Waals surface area contributed by atoms with Gasteiger partial charge in [-0.05, 0) is 12.1 Å². The van der Waals surface area contributed by atoms with Gasteiger partial charge in [-0.25, -0.2) is 0 Å². The number of ether oxygens (including phenoxy) is 1. The number of nitro benzene ring substituents is 1. The van der Waals surface area contributed by atoms with E-state index in [0.29, 0.717) is 5.69 Å². The zero-order valence-electron chi connectivity index (χ0n) is 13.9. The number of aromatic nitrogens is 2. The predicted molar refractivity (Wildman–Crippen MR) is 88.4 cm³/mol. The van der Waals surface area contributed by atoms with Crippen molar-refractivity contribution in [1.82, 2.24) is 14.7 Å². The number of hydrogen-bond donors (Lipinski definition) is 1. The molecule has 0 unspecified atom stereocenters. The number of non-ortho nitro benzene ring substituents is 1. The average molecular weight is 347 g/mol. The number of nitro groups is 1. The Morgan fingerprint density at radius 2 is 2.00 bits per heavy atom. The maximum Gasteiger partial charge on any atom is 0.269 e. The van der Waals surface area contributed by atoms with Crippen molar-refractivity contribution in [2.24, 2.45) is 7.05 Å². The van der Waals surface area contributed by atoms with Crippen molar-refractivity contribution in [2.45, 2.75) is 0 Å². The first-order valence-corrected chi connectivity index (χ1v) is 7.19. The molecule has 1 N–H and O–H groups in total. The first-order valence-electron chi connectivity index (χ1n) is 7.19. The van der Waals surface area contributed by atoms with Gasteiger partial charge < -0.3 is 15.0 Å². The highest BCUT2D eigenvalue weighted by Gasteiger charge is 2.21. The van der Waals surface area contributed by atoms with Crippen molar-refractivity contribution in [1.29, 1.82) is 0 Å². The molecule has 0 atom stereocenters. The lowest BCUT2D eigenvalue weighted by Gasteiger charge is -2.16. The Morgan fingerprint density at radius 1 is 1.36 bits per heavy atom.